The molecule has 2 aromatic heterocycles. The van der Waals surface area contributed by atoms with Crippen molar-refractivity contribution in [3.8, 4) is 0 Å². The number of benzene rings is 1. The van der Waals surface area contributed by atoms with Crippen LogP contribution >= 0.6 is 11.6 Å². The summed E-state index contributed by atoms with van der Waals surface area (Å²) in [6.45, 7) is 0.471. The normalized spacial score (nSPS) is 11.7. The van der Waals surface area contributed by atoms with Gasteiger partial charge in [-0.25, -0.2) is 4.98 Å². The predicted octanol–water partition coefficient (Wildman–Crippen LogP) is 4.77. The molecule has 0 bridgehead atoms. The third-order valence-electron chi connectivity index (χ3n) is 3.58. The second kappa shape index (κ2) is 6.85. The zero-order valence-corrected chi connectivity index (χ0v) is 13.9. The summed E-state index contributed by atoms with van der Waals surface area (Å²) in [7, 11) is 1.77. The second-order valence-corrected chi connectivity index (χ2v) is 5.78. The summed E-state index contributed by atoms with van der Waals surface area (Å²) < 4.78 is 38.8. The average Bonchev–Trinajstić information content (AvgIpc) is 2.57. The van der Waals surface area contributed by atoms with Crippen LogP contribution in [0, 0.1) is 0 Å². The molecule has 0 aliphatic heterocycles. The van der Waals surface area contributed by atoms with E-state index < -0.39 is 11.7 Å². The van der Waals surface area contributed by atoms with Gasteiger partial charge in [0.1, 0.15) is 10.7 Å². The number of alkyl halides is 3. The molecule has 0 atom stereocenters. The number of fused-ring (bicyclic) bond motifs is 1. The minimum atomic E-state index is -4.41. The Morgan fingerprint density at radius 1 is 1.16 bits per heavy atom. The van der Waals surface area contributed by atoms with E-state index in [1.54, 1.807) is 31.4 Å². The lowest BCUT2D eigenvalue weighted by Gasteiger charge is -2.15. The van der Waals surface area contributed by atoms with Gasteiger partial charge in [0.25, 0.3) is 0 Å². The standard InChI is InChI=1S/C17H14ClF3N4/c1-22-8-10-9-23-13-5-6-14(18)25-16(13)15(10)24-12-4-2-3-11(7-12)17(19,20)21/h2-7,9,22H,8H2,1H3,(H,23,24). The van der Waals surface area contributed by atoms with Gasteiger partial charge in [-0.2, -0.15) is 13.2 Å². The molecule has 0 amide bonds. The van der Waals surface area contributed by atoms with Crippen LogP contribution in [0.1, 0.15) is 11.1 Å². The topological polar surface area (TPSA) is 49.8 Å². The molecule has 0 saturated carbocycles. The van der Waals surface area contributed by atoms with E-state index in [-0.39, 0.29) is 5.15 Å². The van der Waals surface area contributed by atoms with Crippen LogP contribution in [0.25, 0.3) is 11.0 Å². The Labute approximate surface area is 147 Å². The maximum Gasteiger partial charge on any atom is 0.416 e. The quantitative estimate of drug-likeness (QED) is 0.653. The predicted molar refractivity (Wildman–Crippen MR) is 92.0 cm³/mol. The Kier molecular flexibility index (Phi) is 4.78. The van der Waals surface area contributed by atoms with Crippen molar-refractivity contribution in [1.29, 1.82) is 0 Å². The fourth-order valence-electron chi connectivity index (χ4n) is 2.46. The Hall–Kier alpha value is -2.38. The SMILES string of the molecule is CNCc1cnc2ccc(Cl)nc2c1Nc1cccc(C(F)(F)F)c1. The van der Waals surface area contributed by atoms with Crippen LogP contribution in [0.3, 0.4) is 0 Å². The molecular formula is C17H14ClF3N4. The van der Waals surface area contributed by atoms with Gasteiger partial charge in [0.05, 0.1) is 16.8 Å². The number of rotatable bonds is 4. The zero-order valence-electron chi connectivity index (χ0n) is 13.2. The highest BCUT2D eigenvalue weighted by Crippen LogP contribution is 2.33. The number of anilines is 2. The molecular weight excluding hydrogens is 353 g/mol. The molecule has 130 valence electrons. The van der Waals surface area contributed by atoms with Gasteiger partial charge in [-0.3, -0.25) is 4.98 Å². The molecule has 2 N–H and O–H groups in total. The van der Waals surface area contributed by atoms with Crippen molar-refractivity contribution in [3.05, 3.63) is 58.9 Å². The zero-order chi connectivity index (χ0) is 18.0. The van der Waals surface area contributed by atoms with Crippen LogP contribution in [0.4, 0.5) is 24.5 Å². The molecule has 0 unspecified atom stereocenters. The number of pyridine rings is 2. The number of nitrogens with zero attached hydrogens (tertiary/aromatic N) is 2. The van der Waals surface area contributed by atoms with Gasteiger partial charge < -0.3 is 10.6 Å². The van der Waals surface area contributed by atoms with Crippen LogP contribution in [0.15, 0.2) is 42.6 Å². The van der Waals surface area contributed by atoms with Crippen molar-refractivity contribution in [2.24, 2.45) is 0 Å². The van der Waals surface area contributed by atoms with Crippen molar-refractivity contribution in [3.63, 3.8) is 0 Å². The molecule has 0 radical (unpaired) electrons. The molecule has 0 saturated heterocycles. The first kappa shape index (κ1) is 17.4. The number of aromatic nitrogens is 2. The van der Waals surface area contributed by atoms with Gasteiger partial charge in [-0.15, -0.1) is 0 Å². The van der Waals surface area contributed by atoms with Crippen LogP contribution < -0.4 is 10.6 Å². The fourth-order valence-corrected chi connectivity index (χ4v) is 2.61. The van der Waals surface area contributed by atoms with E-state index in [9.17, 15) is 13.2 Å². The Balaban J connectivity index is 2.11. The Morgan fingerprint density at radius 3 is 2.68 bits per heavy atom. The van der Waals surface area contributed by atoms with E-state index in [0.717, 1.165) is 17.7 Å². The maximum absolute atomic E-state index is 12.9. The van der Waals surface area contributed by atoms with Crippen molar-refractivity contribution in [2.75, 3.05) is 12.4 Å². The van der Waals surface area contributed by atoms with E-state index in [1.165, 1.54) is 6.07 Å². The Bertz CT molecular complexity index is 912. The third-order valence-corrected chi connectivity index (χ3v) is 3.79. The molecule has 8 heteroatoms. The smallest absolute Gasteiger partial charge is 0.353 e. The lowest BCUT2D eigenvalue weighted by Crippen LogP contribution is -2.10. The highest BCUT2D eigenvalue weighted by Gasteiger charge is 2.30. The van der Waals surface area contributed by atoms with E-state index in [2.05, 4.69) is 20.6 Å². The summed E-state index contributed by atoms with van der Waals surface area (Å²) >= 11 is 5.98. The number of hydrogen-bond donors (Lipinski definition) is 2. The second-order valence-electron chi connectivity index (χ2n) is 5.39. The summed E-state index contributed by atoms with van der Waals surface area (Å²) in [6.07, 6.45) is -2.75. The first-order valence-electron chi connectivity index (χ1n) is 7.41. The molecule has 2 heterocycles. The average molecular weight is 367 g/mol. The highest BCUT2D eigenvalue weighted by atomic mass is 35.5. The summed E-state index contributed by atoms with van der Waals surface area (Å²) in [6, 6.07) is 8.33. The number of nitrogens with one attached hydrogen (secondary N) is 2. The highest BCUT2D eigenvalue weighted by molar-refractivity contribution is 6.29. The number of halogens is 4. The largest absolute Gasteiger partial charge is 0.416 e. The van der Waals surface area contributed by atoms with Crippen LogP contribution in [-0.2, 0) is 12.7 Å². The molecule has 0 fully saturated rings. The van der Waals surface area contributed by atoms with Crippen molar-refractivity contribution in [2.45, 2.75) is 12.7 Å². The molecule has 0 aliphatic carbocycles. The van der Waals surface area contributed by atoms with E-state index >= 15 is 0 Å². The summed E-state index contributed by atoms with van der Waals surface area (Å²) in [5, 5.41) is 6.32. The lowest BCUT2D eigenvalue weighted by atomic mass is 10.1. The van der Waals surface area contributed by atoms with Gasteiger partial charge in [-0.05, 0) is 37.4 Å². The van der Waals surface area contributed by atoms with E-state index in [1.807, 2.05) is 0 Å². The molecule has 4 nitrogen and oxygen atoms in total. The van der Waals surface area contributed by atoms with Gasteiger partial charge in [0.15, 0.2) is 0 Å². The monoisotopic (exact) mass is 366 g/mol. The van der Waals surface area contributed by atoms with Gasteiger partial charge in [0.2, 0.25) is 0 Å². The van der Waals surface area contributed by atoms with Gasteiger partial charge in [0, 0.05) is 24.0 Å². The maximum atomic E-state index is 12.9. The summed E-state index contributed by atoms with van der Waals surface area (Å²) in [5.74, 6) is 0. The van der Waals surface area contributed by atoms with Crippen LogP contribution in [0.2, 0.25) is 5.15 Å². The van der Waals surface area contributed by atoms with E-state index in [4.69, 9.17) is 11.6 Å². The third kappa shape index (κ3) is 3.83. The Morgan fingerprint density at radius 2 is 1.96 bits per heavy atom. The van der Waals surface area contributed by atoms with Crippen LogP contribution in [0.5, 0.6) is 0 Å². The molecule has 3 rings (SSSR count). The molecule has 3 aromatic rings. The van der Waals surface area contributed by atoms with Crippen molar-refractivity contribution < 1.29 is 13.2 Å². The summed E-state index contributed by atoms with van der Waals surface area (Å²) in [5.41, 5.74) is 2.01. The molecule has 0 aliphatic rings. The van der Waals surface area contributed by atoms with Gasteiger partial charge >= 0.3 is 6.18 Å². The molecule has 1 aromatic carbocycles. The summed E-state index contributed by atoms with van der Waals surface area (Å²) in [4.78, 5) is 8.60. The van der Waals surface area contributed by atoms with Crippen molar-refractivity contribution in [1.82, 2.24) is 15.3 Å². The fraction of sp³-hybridized carbons (Fsp3) is 0.176. The molecule has 25 heavy (non-hydrogen) atoms. The minimum absolute atomic E-state index is 0.281. The van der Waals surface area contributed by atoms with E-state index in [0.29, 0.717) is 29.0 Å². The first-order valence-corrected chi connectivity index (χ1v) is 7.79. The lowest BCUT2D eigenvalue weighted by molar-refractivity contribution is -0.137. The van der Waals surface area contributed by atoms with Crippen LogP contribution in [-0.4, -0.2) is 17.0 Å². The first-order chi connectivity index (χ1) is 11.9. The molecule has 0 spiro atoms. The minimum Gasteiger partial charge on any atom is -0.353 e. The van der Waals surface area contributed by atoms with Crippen molar-refractivity contribution >= 4 is 34.0 Å². The van der Waals surface area contributed by atoms with Gasteiger partial charge in [-0.1, -0.05) is 17.7 Å². The number of hydrogen-bond acceptors (Lipinski definition) is 4.